The summed E-state index contributed by atoms with van der Waals surface area (Å²) in [4.78, 5) is 14.9. The Morgan fingerprint density at radius 1 is 1.07 bits per heavy atom. The first kappa shape index (κ1) is 19.9. The third-order valence-electron chi connectivity index (χ3n) is 5.33. The van der Waals surface area contributed by atoms with E-state index in [0.717, 1.165) is 18.7 Å². The van der Waals surface area contributed by atoms with Crippen molar-refractivity contribution in [1.82, 2.24) is 15.5 Å². The lowest BCUT2D eigenvalue weighted by Crippen LogP contribution is -2.41. The minimum Gasteiger partial charge on any atom is -0.486 e. The molecule has 2 N–H and O–H groups in total. The molecular weight excluding hydrogens is 390 g/mol. The van der Waals surface area contributed by atoms with Crippen molar-refractivity contribution in [3.05, 3.63) is 58.6 Å². The number of nitrogens with zero attached hydrogens (tertiary/aromatic N) is 1. The Kier molecular flexibility index (Phi) is 6.42. The fraction of sp³-hybridized carbons (Fsp3) is 0.409. The molecule has 1 atom stereocenters. The Hall–Kier alpha value is -2.44. The maximum absolute atomic E-state index is 12.4. The highest BCUT2D eigenvalue weighted by molar-refractivity contribution is 6.32. The molecule has 2 amide bonds. The van der Waals surface area contributed by atoms with Crippen LogP contribution in [-0.2, 0) is 6.54 Å². The van der Waals surface area contributed by atoms with Crippen LogP contribution in [0.2, 0.25) is 5.02 Å². The quantitative estimate of drug-likeness (QED) is 0.754. The first-order valence-electron chi connectivity index (χ1n) is 10.1. The van der Waals surface area contributed by atoms with Crippen molar-refractivity contribution in [2.24, 2.45) is 0 Å². The predicted molar refractivity (Wildman–Crippen MR) is 113 cm³/mol. The summed E-state index contributed by atoms with van der Waals surface area (Å²) in [6.07, 6.45) is 2.42. The SMILES string of the molecule is O=C(NCc1cc(Cl)c2c(c1)OCCO2)NCC(c1ccccc1)N1CCCC1. The van der Waals surface area contributed by atoms with E-state index in [4.69, 9.17) is 21.1 Å². The molecule has 154 valence electrons. The molecule has 2 aliphatic heterocycles. The molecular formula is C22H26ClN3O3. The third kappa shape index (κ3) is 4.95. The second-order valence-electron chi connectivity index (χ2n) is 7.33. The van der Waals surface area contributed by atoms with Crippen molar-refractivity contribution in [3.63, 3.8) is 0 Å². The lowest BCUT2D eigenvalue weighted by atomic mass is 10.1. The minimum absolute atomic E-state index is 0.188. The zero-order chi connectivity index (χ0) is 20.1. The molecule has 0 aliphatic carbocycles. The number of urea groups is 1. The molecule has 2 aromatic rings. The van der Waals surface area contributed by atoms with Gasteiger partial charge in [-0.3, -0.25) is 4.90 Å². The first-order chi connectivity index (χ1) is 14.2. The van der Waals surface area contributed by atoms with Crippen molar-refractivity contribution in [3.8, 4) is 11.5 Å². The molecule has 0 spiro atoms. The Morgan fingerprint density at radius 3 is 2.62 bits per heavy atom. The van der Waals surface area contributed by atoms with E-state index in [1.807, 2.05) is 24.3 Å². The van der Waals surface area contributed by atoms with Crippen LogP contribution in [0, 0.1) is 0 Å². The van der Waals surface area contributed by atoms with Crippen LogP contribution < -0.4 is 20.1 Å². The van der Waals surface area contributed by atoms with Gasteiger partial charge in [0.15, 0.2) is 11.5 Å². The molecule has 0 aromatic heterocycles. The molecule has 29 heavy (non-hydrogen) atoms. The summed E-state index contributed by atoms with van der Waals surface area (Å²) in [5.74, 6) is 1.20. The number of fused-ring (bicyclic) bond motifs is 1. The van der Waals surface area contributed by atoms with Gasteiger partial charge in [-0.1, -0.05) is 41.9 Å². The maximum Gasteiger partial charge on any atom is 0.315 e. The van der Waals surface area contributed by atoms with Gasteiger partial charge in [-0.05, 0) is 49.2 Å². The number of amides is 2. The predicted octanol–water partition coefficient (Wildman–Crippen LogP) is 3.75. The number of likely N-dealkylation sites (tertiary alicyclic amines) is 1. The van der Waals surface area contributed by atoms with Crippen LogP contribution in [0.15, 0.2) is 42.5 Å². The van der Waals surface area contributed by atoms with Crippen LogP contribution in [0.4, 0.5) is 4.79 Å². The van der Waals surface area contributed by atoms with E-state index in [1.54, 1.807) is 6.07 Å². The van der Waals surface area contributed by atoms with Crippen LogP contribution in [0.3, 0.4) is 0 Å². The highest BCUT2D eigenvalue weighted by Gasteiger charge is 2.24. The number of benzene rings is 2. The third-order valence-corrected chi connectivity index (χ3v) is 5.61. The number of carbonyl (C=O) groups is 1. The standard InChI is InChI=1S/C22H26ClN3O3/c23-18-12-16(13-20-21(18)29-11-10-28-20)14-24-22(27)25-15-19(26-8-4-5-9-26)17-6-2-1-3-7-17/h1-3,6-7,12-13,19H,4-5,8-11,14-15H2,(H2,24,25,27). The first-order valence-corrected chi connectivity index (χ1v) is 10.5. The van der Waals surface area contributed by atoms with Gasteiger partial charge in [0.2, 0.25) is 0 Å². The van der Waals surface area contributed by atoms with E-state index >= 15 is 0 Å². The topological polar surface area (TPSA) is 62.8 Å². The van der Waals surface area contributed by atoms with Crippen molar-refractivity contribution in [2.45, 2.75) is 25.4 Å². The summed E-state index contributed by atoms with van der Waals surface area (Å²) in [6.45, 7) is 4.06. The van der Waals surface area contributed by atoms with E-state index in [-0.39, 0.29) is 12.1 Å². The molecule has 4 rings (SSSR count). The summed E-state index contributed by atoms with van der Waals surface area (Å²) in [6, 6.07) is 14.0. The largest absolute Gasteiger partial charge is 0.486 e. The van der Waals surface area contributed by atoms with Gasteiger partial charge < -0.3 is 20.1 Å². The number of rotatable bonds is 6. The number of nitrogens with one attached hydrogen (secondary N) is 2. The van der Waals surface area contributed by atoms with Crippen molar-refractivity contribution in [1.29, 1.82) is 0 Å². The number of halogens is 1. The van der Waals surface area contributed by atoms with Crippen LogP contribution in [0.1, 0.15) is 30.0 Å². The van der Waals surface area contributed by atoms with Gasteiger partial charge in [0, 0.05) is 13.1 Å². The normalized spacial score (nSPS) is 17.0. The van der Waals surface area contributed by atoms with Gasteiger partial charge in [0.25, 0.3) is 0 Å². The van der Waals surface area contributed by atoms with Crippen molar-refractivity contribution >= 4 is 17.6 Å². The number of hydrogen-bond acceptors (Lipinski definition) is 4. The van der Waals surface area contributed by atoms with E-state index in [2.05, 4.69) is 27.7 Å². The molecule has 0 bridgehead atoms. The molecule has 7 heteroatoms. The molecule has 1 saturated heterocycles. The van der Waals surface area contributed by atoms with Gasteiger partial charge in [0.05, 0.1) is 11.1 Å². The molecule has 6 nitrogen and oxygen atoms in total. The number of ether oxygens (including phenoxy) is 2. The van der Waals surface area contributed by atoms with Crippen LogP contribution in [0.5, 0.6) is 11.5 Å². The van der Waals surface area contributed by atoms with Crippen molar-refractivity contribution in [2.75, 3.05) is 32.8 Å². The lowest BCUT2D eigenvalue weighted by Gasteiger charge is -2.28. The average molecular weight is 416 g/mol. The van der Waals surface area contributed by atoms with Gasteiger partial charge in [-0.2, -0.15) is 0 Å². The molecule has 2 heterocycles. The summed E-state index contributed by atoms with van der Waals surface area (Å²) in [7, 11) is 0. The summed E-state index contributed by atoms with van der Waals surface area (Å²) >= 11 is 6.27. The van der Waals surface area contributed by atoms with E-state index in [1.165, 1.54) is 18.4 Å². The second kappa shape index (κ2) is 9.37. The lowest BCUT2D eigenvalue weighted by molar-refractivity contribution is 0.171. The van der Waals surface area contributed by atoms with Gasteiger partial charge >= 0.3 is 6.03 Å². The van der Waals surface area contributed by atoms with Gasteiger partial charge in [-0.25, -0.2) is 4.79 Å². The van der Waals surface area contributed by atoms with Crippen molar-refractivity contribution < 1.29 is 14.3 Å². The fourth-order valence-corrected chi connectivity index (χ4v) is 4.17. The monoisotopic (exact) mass is 415 g/mol. The van der Waals surface area contributed by atoms with Gasteiger partial charge in [-0.15, -0.1) is 0 Å². The zero-order valence-electron chi connectivity index (χ0n) is 16.3. The van der Waals surface area contributed by atoms with Gasteiger partial charge in [0.1, 0.15) is 13.2 Å². The summed E-state index contributed by atoms with van der Waals surface area (Å²) in [5, 5.41) is 6.43. The zero-order valence-corrected chi connectivity index (χ0v) is 17.1. The number of hydrogen-bond donors (Lipinski definition) is 2. The summed E-state index contributed by atoms with van der Waals surface area (Å²) < 4.78 is 11.1. The van der Waals surface area contributed by atoms with Crippen LogP contribution >= 0.6 is 11.6 Å². The Balaban J connectivity index is 1.33. The van der Waals surface area contributed by atoms with Crippen LogP contribution in [0.25, 0.3) is 0 Å². The highest BCUT2D eigenvalue weighted by atomic mass is 35.5. The molecule has 1 unspecified atom stereocenters. The average Bonchev–Trinajstić information content (AvgIpc) is 3.28. The fourth-order valence-electron chi connectivity index (χ4n) is 3.89. The van der Waals surface area contributed by atoms with E-state index in [9.17, 15) is 4.79 Å². The highest BCUT2D eigenvalue weighted by Crippen LogP contribution is 2.38. The molecule has 0 saturated carbocycles. The minimum atomic E-state index is -0.198. The molecule has 0 radical (unpaired) electrons. The van der Waals surface area contributed by atoms with E-state index in [0.29, 0.717) is 42.8 Å². The Morgan fingerprint density at radius 2 is 1.83 bits per heavy atom. The smallest absolute Gasteiger partial charge is 0.315 e. The Labute approximate surface area is 176 Å². The summed E-state index contributed by atoms with van der Waals surface area (Å²) in [5.41, 5.74) is 2.10. The van der Waals surface area contributed by atoms with E-state index < -0.39 is 0 Å². The van der Waals surface area contributed by atoms with Crippen LogP contribution in [-0.4, -0.2) is 43.8 Å². The maximum atomic E-state index is 12.4. The second-order valence-corrected chi connectivity index (χ2v) is 7.74. The molecule has 2 aromatic carbocycles. The number of carbonyl (C=O) groups excluding carboxylic acids is 1. The molecule has 1 fully saturated rings. The molecule has 2 aliphatic rings. The Bertz CT molecular complexity index is 841.